The molecule has 1 aromatic heterocycles. The van der Waals surface area contributed by atoms with Crippen LogP contribution in [0.1, 0.15) is 12.8 Å². The minimum atomic E-state index is 0.641. The number of fused-ring (bicyclic) bond motifs is 2. The molecule has 2 atom stereocenters. The average molecular weight is 254 g/mol. The number of benzene rings is 1. The van der Waals surface area contributed by atoms with E-state index in [1.54, 1.807) is 6.33 Å². The van der Waals surface area contributed by atoms with Crippen molar-refractivity contribution in [2.24, 2.45) is 5.92 Å². The lowest BCUT2D eigenvalue weighted by Gasteiger charge is -2.24. The number of nitrogens with zero attached hydrogens (tertiary/aromatic N) is 3. The van der Waals surface area contributed by atoms with Crippen LogP contribution in [0.4, 0.5) is 5.82 Å². The second-order valence-electron chi connectivity index (χ2n) is 5.58. The molecular weight excluding hydrogens is 236 g/mol. The summed E-state index contributed by atoms with van der Waals surface area (Å²) in [5.41, 5.74) is 1.04. The molecule has 2 fully saturated rings. The molecule has 2 aromatic rings. The fourth-order valence-corrected chi connectivity index (χ4v) is 3.46. The van der Waals surface area contributed by atoms with Gasteiger partial charge in [-0.05, 0) is 37.4 Å². The van der Waals surface area contributed by atoms with Crippen molar-refractivity contribution in [1.29, 1.82) is 0 Å². The van der Waals surface area contributed by atoms with Gasteiger partial charge in [-0.3, -0.25) is 0 Å². The second kappa shape index (κ2) is 4.46. The molecule has 1 N–H and O–H groups in total. The Morgan fingerprint density at radius 3 is 3.05 bits per heavy atom. The van der Waals surface area contributed by atoms with Crippen LogP contribution in [0.3, 0.4) is 0 Å². The lowest BCUT2D eigenvalue weighted by Crippen LogP contribution is -2.40. The van der Waals surface area contributed by atoms with Gasteiger partial charge in [0.05, 0.1) is 5.52 Å². The van der Waals surface area contributed by atoms with Gasteiger partial charge in [-0.25, -0.2) is 9.97 Å². The molecule has 0 aliphatic carbocycles. The van der Waals surface area contributed by atoms with Gasteiger partial charge < -0.3 is 10.2 Å². The molecule has 3 heterocycles. The number of anilines is 1. The molecule has 4 nitrogen and oxygen atoms in total. The Morgan fingerprint density at radius 1 is 1.16 bits per heavy atom. The maximum absolute atomic E-state index is 4.53. The predicted molar refractivity (Wildman–Crippen MR) is 76.3 cm³/mol. The summed E-state index contributed by atoms with van der Waals surface area (Å²) in [5, 5.41) is 4.81. The Hall–Kier alpha value is -1.68. The molecule has 2 aliphatic rings. The van der Waals surface area contributed by atoms with Crippen LogP contribution in [0, 0.1) is 5.92 Å². The number of para-hydroxylation sites is 1. The van der Waals surface area contributed by atoms with Crippen LogP contribution >= 0.6 is 0 Å². The second-order valence-corrected chi connectivity index (χ2v) is 5.58. The summed E-state index contributed by atoms with van der Waals surface area (Å²) >= 11 is 0. The smallest absolute Gasteiger partial charge is 0.139 e. The van der Waals surface area contributed by atoms with E-state index in [1.165, 1.54) is 24.8 Å². The summed E-state index contributed by atoms with van der Waals surface area (Å²) in [6, 6.07) is 8.92. The first kappa shape index (κ1) is 11.2. The Labute approximate surface area is 112 Å². The molecule has 19 heavy (non-hydrogen) atoms. The zero-order chi connectivity index (χ0) is 12.7. The van der Waals surface area contributed by atoms with E-state index in [0.717, 1.165) is 30.3 Å². The summed E-state index contributed by atoms with van der Waals surface area (Å²) in [7, 11) is 0. The highest BCUT2D eigenvalue weighted by atomic mass is 15.2. The fraction of sp³-hybridized carbons (Fsp3) is 0.467. The van der Waals surface area contributed by atoms with E-state index >= 15 is 0 Å². The summed E-state index contributed by atoms with van der Waals surface area (Å²) in [5.74, 6) is 1.88. The first-order valence-electron chi connectivity index (χ1n) is 7.10. The Morgan fingerprint density at radius 2 is 2.11 bits per heavy atom. The molecule has 0 spiro atoms. The van der Waals surface area contributed by atoms with Crippen LogP contribution in [0.5, 0.6) is 0 Å². The highest BCUT2D eigenvalue weighted by Crippen LogP contribution is 2.31. The SMILES string of the molecule is c1ccc2c(N3C[C@@H]4CCCN[C@@H]4C3)ncnc2c1. The first-order valence-corrected chi connectivity index (χ1v) is 7.10. The number of hydrogen-bond acceptors (Lipinski definition) is 4. The zero-order valence-electron chi connectivity index (χ0n) is 10.9. The van der Waals surface area contributed by atoms with Crippen LogP contribution in [0.25, 0.3) is 10.9 Å². The van der Waals surface area contributed by atoms with Crippen LogP contribution in [0.2, 0.25) is 0 Å². The fourth-order valence-electron chi connectivity index (χ4n) is 3.46. The maximum Gasteiger partial charge on any atom is 0.139 e. The van der Waals surface area contributed by atoms with Gasteiger partial charge in [0.15, 0.2) is 0 Å². The average Bonchev–Trinajstić information content (AvgIpc) is 2.90. The number of piperidine rings is 1. The summed E-state index contributed by atoms with van der Waals surface area (Å²) < 4.78 is 0. The van der Waals surface area contributed by atoms with Crippen molar-refractivity contribution in [3.8, 4) is 0 Å². The van der Waals surface area contributed by atoms with E-state index in [1.807, 2.05) is 6.07 Å². The number of aromatic nitrogens is 2. The Kier molecular flexibility index (Phi) is 2.62. The Bertz CT molecular complexity index is 578. The minimum Gasteiger partial charge on any atom is -0.354 e. The summed E-state index contributed by atoms with van der Waals surface area (Å²) in [6.07, 6.45) is 4.34. The molecule has 0 saturated carbocycles. The van der Waals surface area contributed by atoms with Gasteiger partial charge in [0, 0.05) is 24.5 Å². The van der Waals surface area contributed by atoms with Crippen molar-refractivity contribution in [3.63, 3.8) is 0 Å². The molecule has 2 aliphatic heterocycles. The quantitative estimate of drug-likeness (QED) is 0.843. The van der Waals surface area contributed by atoms with Gasteiger partial charge in [0.2, 0.25) is 0 Å². The van der Waals surface area contributed by atoms with Crippen molar-refractivity contribution in [2.45, 2.75) is 18.9 Å². The van der Waals surface area contributed by atoms with E-state index in [4.69, 9.17) is 0 Å². The van der Waals surface area contributed by atoms with Crippen molar-refractivity contribution in [3.05, 3.63) is 30.6 Å². The molecule has 4 rings (SSSR count). The van der Waals surface area contributed by atoms with Gasteiger partial charge >= 0.3 is 0 Å². The van der Waals surface area contributed by atoms with E-state index in [0.29, 0.717) is 6.04 Å². The van der Waals surface area contributed by atoms with E-state index < -0.39 is 0 Å². The molecule has 0 unspecified atom stereocenters. The third-order valence-electron chi connectivity index (χ3n) is 4.42. The lowest BCUT2D eigenvalue weighted by atomic mass is 9.94. The largest absolute Gasteiger partial charge is 0.354 e. The summed E-state index contributed by atoms with van der Waals surface area (Å²) in [6.45, 7) is 3.36. The zero-order valence-corrected chi connectivity index (χ0v) is 10.9. The van der Waals surface area contributed by atoms with Crippen molar-refractivity contribution in [2.75, 3.05) is 24.5 Å². The highest BCUT2D eigenvalue weighted by molar-refractivity contribution is 5.89. The van der Waals surface area contributed by atoms with Crippen molar-refractivity contribution in [1.82, 2.24) is 15.3 Å². The molecule has 0 amide bonds. The van der Waals surface area contributed by atoms with Crippen LogP contribution < -0.4 is 10.2 Å². The van der Waals surface area contributed by atoms with Crippen LogP contribution in [0.15, 0.2) is 30.6 Å². The molecule has 0 radical (unpaired) electrons. The number of hydrogen-bond donors (Lipinski definition) is 1. The minimum absolute atomic E-state index is 0.641. The standard InChI is InChI=1S/C15H18N4/c1-2-6-13-12(5-1)15(18-10-17-13)19-8-11-4-3-7-16-14(11)9-19/h1-2,5-6,10-11,14,16H,3-4,7-9H2/t11-,14+/m0/s1. The van der Waals surface area contributed by atoms with Gasteiger partial charge in [-0.2, -0.15) is 0 Å². The molecular formula is C15H18N4. The maximum atomic E-state index is 4.53. The van der Waals surface area contributed by atoms with Crippen molar-refractivity contribution >= 4 is 16.7 Å². The topological polar surface area (TPSA) is 41.0 Å². The normalized spacial score (nSPS) is 26.6. The lowest BCUT2D eigenvalue weighted by molar-refractivity contribution is 0.340. The Balaban J connectivity index is 1.71. The van der Waals surface area contributed by atoms with Gasteiger partial charge in [-0.1, -0.05) is 12.1 Å². The van der Waals surface area contributed by atoms with Gasteiger partial charge in [0.25, 0.3) is 0 Å². The van der Waals surface area contributed by atoms with E-state index in [9.17, 15) is 0 Å². The highest BCUT2D eigenvalue weighted by Gasteiger charge is 2.35. The number of rotatable bonds is 1. The molecule has 1 aromatic carbocycles. The third kappa shape index (κ3) is 1.87. The van der Waals surface area contributed by atoms with Crippen LogP contribution in [-0.2, 0) is 0 Å². The monoisotopic (exact) mass is 254 g/mol. The molecule has 4 heteroatoms. The van der Waals surface area contributed by atoms with Gasteiger partial charge in [0.1, 0.15) is 12.1 Å². The molecule has 98 valence electrons. The predicted octanol–water partition coefficient (Wildman–Crippen LogP) is 1.82. The third-order valence-corrected chi connectivity index (χ3v) is 4.42. The van der Waals surface area contributed by atoms with Crippen molar-refractivity contribution < 1.29 is 0 Å². The van der Waals surface area contributed by atoms with E-state index in [2.05, 4.69) is 38.4 Å². The molecule has 0 bridgehead atoms. The van der Waals surface area contributed by atoms with Crippen LogP contribution in [-0.4, -0.2) is 35.6 Å². The number of nitrogens with one attached hydrogen (secondary N) is 1. The first-order chi connectivity index (χ1) is 9.42. The molecule has 2 saturated heterocycles. The van der Waals surface area contributed by atoms with E-state index in [-0.39, 0.29) is 0 Å². The van der Waals surface area contributed by atoms with Gasteiger partial charge in [-0.15, -0.1) is 0 Å². The summed E-state index contributed by atoms with van der Waals surface area (Å²) in [4.78, 5) is 11.3.